The van der Waals surface area contributed by atoms with Gasteiger partial charge >= 0.3 is 5.97 Å². The number of carbonyl (C=O) groups is 1. The molecule has 0 aliphatic carbocycles. The third-order valence-corrected chi connectivity index (χ3v) is 4.80. The van der Waals surface area contributed by atoms with Crippen molar-refractivity contribution >= 4 is 28.9 Å². The number of esters is 1. The minimum Gasteiger partial charge on any atom is -0.466 e. The first-order chi connectivity index (χ1) is 11.7. The van der Waals surface area contributed by atoms with E-state index in [-0.39, 0.29) is 12.4 Å². The molecule has 0 unspecified atom stereocenters. The molecule has 0 saturated heterocycles. The van der Waals surface area contributed by atoms with Crippen LogP contribution in [0, 0.1) is 0 Å². The molecule has 0 amide bonds. The van der Waals surface area contributed by atoms with Crippen molar-refractivity contribution in [1.29, 1.82) is 0 Å². The van der Waals surface area contributed by atoms with Crippen LogP contribution in [0.2, 0.25) is 5.02 Å². The van der Waals surface area contributed by atoms with Crippen LogP contribution in [0.5, 0.6) is 0 Å². The summed E-state index contributed by atoms with van der Waals surface area (Å²) in [5.74, 6) is -0.240. The molecule has 0 aliphatic rings. The predicted octanol–water partition coefficient (Wildman–Crippen LogP) is 5.24. The maximum atomic E-state index is 11.9. The fourth-order valence-electron chi connectivity index (χ4n) is 2.35. The van der Waals surface area contributed by atoms with Crippen molar-refractivity contribution in [2.45, 2.75) is 13.3 Å². The zero-order valence-electron chi connectivity index (χ0n) is 13.2. The van der Waals surface area contributed by atoms with Crippen LogP contribution < -0.4 is 0 Å². The lowest BCUT2D eigenvalue weighted by molar-refractivity contribution is -0.142. The van der Waals surface area contributed by atoms with Crippen molar-refractivity contribution in [2.75, 3.05) is 6.61 Å². The molecule has 24 heavy (non-hydrogen) atoms. The molecule has 122 valence electrons. The maximum absolute atomic E-state index is 11.9. The van der Waals surface area contributed by atoms with Gasteiger partial charge in [0.05, 0.1) is 18.7 Å². The Morgan fingerprint density at radius 2 is 1.79 bits per heavy atom. The minimum absolute atomic E-state index is 0.219. The Kier molecular flexibility index (Phi) is 5.28. The van der Waals surface area contributed by atoms with Crippen molar-refractivity contribution in [1.82, 2.24) is 4.98 Å². The average molecular weight is 358 g/mol. The van der Waals surface area contributed by atoms with Gasteiger partial charge in [-0.2, -0.15) is 0 Å². The molecule has 0 saturated carbocycles. The van der Waals surface area contributed by atoms with E-state index in [0.29, 0.717) is 11.6 Å². The fourth-order valence-corrected chi connectivity index (χ4v) is 3.55. The lowest BCUT2D eigenvalue weighted by atomic mass is 10.1. The quantitative estimate of drug-likeness (QED) is 0.586. The topological polar surface area (TPSA) is 39.2 Å². The van der Waals surface area contributed by atoms with E-state index in [9.17, 15) is 4.79 Å². The van der Waals surface area contributed by atoms with E-state index in [2.05, 4.69) is 0 Å². The second-order valence-corrected chi connectivity index (χ2v) is 6.67. The summed E-state index contributed by atoms with van der Waals surface area (Å²) in [5, 5.41) is 1.56. The number of aromatic nitrogens is 1. The number of halogens is 1. The molecule has 5 heteroatoms. The van der Waals surface area contributed by atoms with Gasteiger partial charge in [0.15, 0.2) is 0 Å². The van der Waals surface area contributed by atoms with Gasteiger partial charge < -0.3 is 4.74 Å². The Morgan fingerprint density at radius 3 is 2.46 bits per heavy atom. The first-order valence-corrected chi connectivity index (χ1v) is 8.83. The molecule has 0 radical (unpaired) electrons. The largest absolute Gasteiger partial charge is 0.466 e. The van der Waals surface area contributed by atoms with Crippen LogP contribution in [0.3, 0.4) is 0 Å². The second kappa shape index (κ2) is 7.60. The van der Waals surface area contributed by atoms with Crippen molar-refractivity contribution < 1.29 is 9.53 Å². The van der Waals surface area contributed by atoms with Gasteiger partial charge in [0.25, 0.3) is 0 Å². The third kappa shape index (κ3) is 3.83. The number of thiazole rings is 1. The highest BCUT2D eigenvalue weighted by Gasteiger charge is 2.17. The van der Waals surface area contributed by atoms with Gasteiger partial charge in [-0.1, -0.05) is 54.1 Å². The molecular weight excluding hydrogens is 342 g/mol. The number of nitrogens with zero attached hydrogens (tertiary/aromatic N) is 1. The molecule has 0 aliphatic heterocycles. The second-order valence-electron chi connectivity index (χ2n) is 5.15. The van der Waals surface area contributed by atoms with Gasteiger partial charge in [-0.25, -0.2) is 4.98 Å². The highest BCUT2D eigenvalue weighted by Crippen LogP contribution is 2.34. The summed E-state index contributed by atoms with van der Waals surface area (Å²) in [6, 6.07) is 17.4. The van der Waals surface area contributed by atoms with Crippen molar-refractivity contribution in [2.24, 2.45) is 0 Å². The molecule has 3 nitrogen and oxygen atoms in total. The van der Waals surface area contributed by atoms with Crippen molar-refractivity contribution in [3.8, 4) is 21.8 Å². The number of carbonyl (C=O) groups excluding carboxylic acids is 1. The van der Waals surface area contributed by atoms with E-state index in [1.54, 1.807) is 6.92 Å². The molecule has 0 bridgehead atoms. The molecule has 1 heterocycles. The number of ether oxygens (including phenoxy) is 1. The SMILES string of the molecule is CCOC(=O)Cc1sc(-c2ccccc2)nc1-c1ccc(Cl)cc1. The summed E-state index contributed by atoms with van der Waals surface area (Å²) in [4.78, 5) is 17.6. The van der Waals surface area contributed by atoms with E-state index in [1.807, 2.05) is 54.6 Å². The number of benzene rings is 2. The normalized spacial score (nSPS) is 10.6. The summed E-state index contributed by atoms with van der Waals surface area (Å²) >= 11 is 7.49. The summed E-state index contributed by atoms with van der Waals surface area (Å²) in [5.41, 5.74) is 2.79. The number of hydrogen-bond acceptors (Lipinski definition) is 4. The van der Waals surface area contributed by atoms with Crippen LogP contribution in [-0.4, -0.2) is 17.6 Å². The zero-order chi connectivity index (χ0) is 16.9. The molecule has 0 atom stereocenters. The summed E-state index contributed by atoms with van der Waals surface area (Å²) < 4.78 is 5.09. The minimum atomic E-state index is -0.240. The Hall–Kier alpha value is -2.17. The van der Waals surface area contributed by atoms with Crippen LogP contribution in [0.25, 0.3) is 21.8 Å². The van der Waals surface area contributed by atoms with Gasteiger partial charge in [0.2, 0.25) is 0 Å². The monoisotopic (exact) mass is 357 g/mol. The zero-order valence-corrected chi connectivity index (χ0v) is 14.7. The molecule has 0 spiro atoms. The van der Waals surface area contributed by atoms with Gasteiger partial charge in [-0.15, -0.1) is 11.3 Å². The average Bonchev–Trinajstić information content (AvgIpc) is 3.00. The third-order valence-electron chi connectivity index (χ3n) is 3.45. The molecule has 0 N–H and O–H groups in total. The van der Waals surface area contributed by atoms with Gasteiger partial charge in [-0.05, 0) is 19.1 Å². The van der Waals surface area contributed by atoms with Crippen LogP contribution in [-0.2, 0) is 16.0 Å². The number of rotatable bonds is 5. The Morgan fingerprint density at radius 1 is 1.08 bits per heavy atom. The first kappa shape index (κ1) is 16.7. The summed E-state index contributed by atoms with van der Waals surface area (Å²) in [7, 11) is 0. The molecule has 1 aromatic heterocycles. The van der Waals surface area contributed by atoms with E-state index in [4.69, 9.17) is 21.3 Å². The van der Waals surface area contributed by atoms with Crippen LogP contribution in [0.1, 0.15) is 11.8 Å². The highest BCUT2D eigenvalue weighted by atomic mass is 35.5. The Labute approximate surface area is 149 Å². The van der Waals surface area contributed by atoms with E-state index in [0.717, 1.165) is 26.7 Å². The summed E-state index contributed by atoms with van der Waals surface area (Å²) in [6.45, 7) is 2.18. The number of hydrogen-bond donors (Lipinski definition) is 0. The Balaban J connectivity index is 2.02. The molecule has 3 rings (SSSR count). The standard InChI is InChI=1S/C19H16ClNO2S/c1-2-23-17(22)12-16-18(13-8-10-15(20)11-9-13)21-19(24-16)14-6-4-3-5-7-14/h3-11H,2,12H2,1H3. The lowest BCUT2D eigenvalue weighted by Gasteiger charge is -2.03. The van der Waals surface area contributed by atoms with Crippen LogP contribution >= 0.6 is 22.9 Å². The fraction of sp³-hybridized carbons (Fsp3) is 0.158. The molecule has 3 aromatic rings. The smallest absolute Gasteiger partial charge is 0.311 e. The van der Waals surface area contributed by atoms with Gasteiger partial charge in [-0.3, -0.25) is 4.79 Å². The van der Waals surface area contributed by atoms with E-state index < -0.39 is 0 Å². The van der Waals surface area contributed by atoms with Crippen molar-refractivity contribution in [3.63, 3.8) is 0 Å². The molecular formula is C19H16ClNO2S. The Bertz CT molecular complexity index is 828. The van der Waals surface area contributed by atoms with E-state index >= 15 is 0 Å². The molecule has 2 aromatic carbocycles. The first-order valence-electron chi connectivity index (χ1n) is 7.64. The maximum Gasteiger partial charge on any atom is 0.311 e. The van der Waals surface area contributed by atoms with Crippen molar-refractivity contribution in [3.05, 3.63) is 64.5 Å². The van der Waals surface area contributed by atoms with Crippen LogP contribution in [0.15, 0.2) is 54.6 Å². The summed E-state index contributed by atoms with van der Waals surface area (Å²) in [6.07, 6.45) is 0.219. The lowest BCUT2D eigenvalue weighted by Crippen LogP contribution is -2.07. The van der Waals surface area contributed by atoms with Gasteiger partial charge in [0, 0.05) is 21.0 Å². The highest BCUT2D eigenvalue weighted by molar-refractivity contribution is 7.15. The van der Waals surface area contributed by atoms with Gasteiger partial charge in [0.1, 0.15) is 5.01 Å². The predicted molar refractivity (Wildman–Crippen MR) is 98.3 cm³/mol. The van der Waals surface area contributed by atoms with E-state index in [1.165, 1.54) is 11.3 Å². The molecule has 0 fully saturated rings. The van der Waals surface area contributed by atoms with Crippen LogP contribution in [0.4, 0.5) is 0 Å².